The van der Waals surface area contributed by atoms with E-state index in [1.54, 1.807) is 11.8 Å². The van der Waals surface area contributed by atoms with Gasteiger partial charge in [0, 0.05) is 17.6 Å². The highest BCUT2D eigenvalue weighted by Gasteiger charge is 2.43. The summed E-state index contributed by atoms with van der Waals surface area (Å²) in [4.78, 5) is 1.77. The molecule has 92 valence electrons. The van der Waals surface area contributed by atoms with Gasteiger partial charge in [-0.25, -0.2) is 0 Å². The number of thiocarbonyl (C=S) groups is 1. The first-order valence-electron chi connectivity index (χ1n) is 5.72. The molecule has 1 fully saturated rings. The van der Waals surface area contributed by atoms with Crippen molar-refractivity contribution in [1.29, 1.82) is 0 Å². The van der Waals surface area contributed by atoms with Crippen molar-refractivity contribution in [2.75, 3.05) is 4.90 Å². The van der Waals surface area contributed by atoms with Gasteiger partial charge in [0.1, 0.15) is 5.72 Å². The maximum absolute atomic E-state index is 10.6. The molecule has 0 bridgehead atoms. The Kier molecular flexibility index (Phi) is 2.87. The van der Waals surface area contributed by atoms with Gasteiger partial charge in [-0.3, -0.25) is 4.90 Å². The molecule has 17 heavy (non-hydrogen) atoms. The third kappa shape index (κ3) is 2.42. The van der Waals surface area contributed by atoms with Gasteiger partial charge in [0.25, 0.3) is 0 Å². The van der Waals surface area contributed by atoms with Crippen LogP contribution in [0.3, 0.4) is 0 Å². The summed E-state index contributed by atoms with van der Waals surface area (Å²) >= 11 is 5.36. The average molecular weight is 250 g/mol. The van der Waals surface area contributed by atoms with E-state index in [0.717, 1.165) is 5.69 Å². The SMILES string of the molecule is CC1(C)C[C@@](C)(O)N(c2ccccc2)C(=S)N1. The maximum Gasteiger partial charge on any atom is 0.176 e. The van der Waals surface area contributed by atoms with Crippen LogP contribution in [0.2, 0.25) is 0 Å². The Hall–Kier alpha value is -1.13. The highest BCUT2D eigenvalue weighted by atomic mass is 32.1. The molecule has 2 rings (SSSR count). The van der Waals surface area contributed by atoms with Crippen molar-refractivity contribution in [3.63, 3.8) is 0 Å². The number of rotatable bonds is 1. The van der Waals surface area contributed by atoms with Crippen LogP contribution < -0.4 is 10.2 Å². The lowest BCUT2D eigenvalue weighted by atomic mass is 9.90. The van der Waals surface area contributed by atoms with Gasteiger partial charge < -0.3 is 10.4 Å². The number of nitrogens with zero attached hydrogens (tertiary/aromatic N) is 1. The quantitative estimate of drug-likeness (QED) is 0.750. The highest BCUT2D eigenvalue weighted by Crippen LogP contribution is 2.33. The molecule has 1 aromatic rings. The second kappa shape index (κ2) is 3.96. The molecule has 1 atom stereocenters. The van der Waals surface area contributed by atoms with Crippen molar-refractivity contribution >= 4 is 23.0 Å². The summed E-state index contributed by atoms with van der Waals surface area (Å²) in [5.74, 6) is 0. The molecule has 2 N–H and O–H groups in total. The molecule has 0 aromatic heterocycles. The molecule has 1 aliphatic heterocycles. The number of nitrogens with one attached hydrogen (secondary N) is 1. The monoisotopic (exact) mass is 250 g/mol. The minimum Gasteiger partial charge on any atom is -0.371 e. The molecule has 0 unspecified atom stereocenters. The van der Waals surface area contributed by atoms with Gasteiger partial charge in [0.05, 0.1) is 0 Å². The third-order valence-electron chi connectivity index (χ3n) is 2.92. The molecule has 0 aliphatic carbocycles. The summed E-state index contributed by atoms with van der Waals surface area (Å²) in [6.45, 7) is 5.88. The van der Waals surface area contributed by atoms with Gasteiger partial charge in [-0.15, -0.1) is 0 Å². The van der Waals surface area contributed by atoms with Crippen LogP contribution in [0.1, 0.15) is 27.2 Å². The minimum absolute atomic E-state index is 0.189. The van der Waals surface area contributed by atoms with Crippen molar-refractivity contribution in [2.24, 2.45) is 0 Å². The molecule has 4 heteroatoms. The lowest BCUT2D eigenvalue weighted by Gasteiger charge is -2.49. The number of aliphatic hydroxyl groups is 1. The zero-order valence-corrected chi connectivity index (χ0v) is 11.2. The summed E-state index contributed by atoms with van der Waals surface area (Å²) in [5, 5.41) is 14.4. The Balaban J connectivity index is 2.38. The van der Waals surface area contributed by atoms with E-state index in [9.17, 15) is 5.11 Å². The first-order valence-corrected chi connectivity index (χ1v) is 6.12. The normalized spacial score (nSPS) is 27.8. The van der Waals surface area contributed by atoms with Crippen LogP contribution in [0.5, 0.6) is 0 Å². The predicted octanol–water partition coefficient (Wildman–Crippen LogP) is 2.26. The Morgan fingerprint density at radius 1 is 1.24 bits per heavy atom. The number of benzene rings is 1. The lowest BCUT2D eigenvalue weighted by molar-refractivity contribution is 0.0278. The van der Waals surface area contributed by atoms with Gasteiger partial charge in [0.2, 0.25) is 0 Å². The number of para-hydroxylation sites is 1. The summed E-state index contributed by atoms with van der Waals surface area (Å²) in [6, 6.07) is 9.71. The van der Waals surface area contributed by atoms with Gasteiger partial charge in [-0.1, -0.05) is 18.2 Å². The summed E-state index contributed by atoms with van der Waals surface area (Å²) in [7, 11) is 0. The molecular weight excluding hydrogens is 232 g/mol. The third-order valence-corrected chi connectivity index (χ3v) is 3.21. The zero-order valence-electron chi connectivity index (χ0n) is 10.4. The van der Waals surface area contributed by atoms with Gasteiger partial charge in [-0.2, -0.15) is 0 Å². The molecule has 3 nitrogen and oxygen atoms in total. The fourth-order valence-electron chi connectivity index (χ4n) is 2.50. The minimum atomic E-state index is -0.965. The maximum atomic E-state index is 10.6. The van der Waals surface area contributed by atoms with Crippen LogP contribution in [0, 0.1) is 0 Å². The van der Waals surface area contributed by atoms with E-state index in [1.807, 2.05) is 44.2 Å². The fourth-order valence-corrected chi connectivity index (χ4v) is 3.08. The Morgan fingerprint density at radius 3 is 2.35 bits per heavy atom. The van der Waals surface area contributed by atoms with Gasteiger partial charge >= 0.3 is 0 Å². The van der Waals surface area contributed by atoms with E-state index >= 15 is 0 Å². The van der Waals surface area contributed by atoms with E-state index in [-0.39, 0.29) is 5.54 Å². The van der Waals surface area contributed by atoms with E-state index in [2.05, 4.69) is 5.32 Å². The molecule has 0 radical (unpaired) electrons. The summed E-state index contributed by atoms with van der Waals surface area (Å²) in [6.07, 6.45) is 0.606. The van der Waals surface area contributed by atoms with Crippen molar-refractivity contribution in [1.82, 2.24) is 5.32 Å². The molecule has 1 heterocycles. The molecule has 0 spiro atoms. The molecular formula is C13H18N2OS. The largest absolute Gasteiger partial charge is 0.371 e. The molecule has 0 amide bonds. The van der Waals surface area contributed by atoms with Gasteiger partial charge in [0.15, 0.2) is 5.11 Å². The van der Waals surface area contributed by atoms with Crippen LogP contribution in [0.4, 0.5) is 5.69 Å². The lowest BCUT2D eigenvalue weighted by Crippen LogP contribution is -2.66. The molecule has 1 saturated heterocycles. The summed E-state index contributed by atoms with van der Waals surface area (Å²) in [5.41, 5.74) is -0.246. The second-order valence-corrected chi connectivity index (χ2v) is 5.77. The van der Waals surface area contributed by atoms with Crippen molar-refractivity contribution in [3.05, 3.63) is 30.3 Å². The molecule has 1 aromatic carbocycles. The van der Waals surface area contributed by atoms with Crippen LogP contribution in [-0.2, 0) is 0 Å². The first kappa shape index (κ1) is 12.3. The number of hydrogen-bond donors (Lipinski definition) is 2. The fraction of sp³-hybridized carbons (Fsp3) is 0.462. The zero-order chi connectivity index (χ0) is 12.7. The Bertz CT molecular complexity index is 428. The van der Waals surface area contributed by atoms with E-state index < -0.39 is 5.72 Å². The first-order chi connectivity index (χ1) is 7.82. The summed E-state index contributed by atoms with van der Waals surface area (Å²) < 4.78 is 0. The molecule has 1 aliphatic rings. The highest BCUT2D eigenvalue weighted by molar-refractivity contribution is 7.80. The van der Waals surface area contributed by atoms with Crippen molar-refractivity contribution in [3.8, 4) is 0 Å². The second-order valence-electron chi connectivity index (χ2n) is 5.38. The average Bonchev–Trinajstić information content (AvgIpc) is 2.14. The Morgan fingerprint density at radius 2 is 1.82 bits per heavy atom. The van der Waals surface area contributed by atoms with E-state index in [1.165, 1.54) is 0 Å². The number of anilines is 1. The number of hydrogen-bond acceptors (Lipinski definition) is 2. The van der Waals surface area contributed by atoms with Gasteiger partial charge in [-0.05, 0) is 45.1 Å². The Labute approximate surface area is 107 Å². The van der Waals surface area contributed by atoms with E-state index in [4.69, 9.17) is 12.2 Å². The van der Waals surface area contributed by atoms with Crippen LogP contribution in [0.25, 0.3) is 0 Å². The molecule has 0 saturated carbocycles. The van der Waals surface area contributed by atoms with Crippen LogP contribution >= 0.6 is 12.2 Å². The van der Waals surface area contributed by atoms with Crippen LogP contribution in [0.15, 0.2) is 30.3 Å². The van der Waals surface area contributed by atoms with Crippen LogP contribution in [-0.4, -0.2) is 21.5 Å². The topological polar surface area (TPSA) is 35.5 Å². The standard InChI is InChI=1S/C13H18N2OS/c1-12(2)9-13(3,16)15(11(17)14-12)10-7-5-4-6-8-10/h4-8,16H,9H2,1-3H3,(H,14,17)/t13-/m1/s1. The van der Waals surface area contributed by atoms with Crippen molar-refractivity contribution < 1.29 is 5.11 Å². The smallest absolute Gasteiger partial charge is 0.176 e. The van der Waals surface area contributed by atoms with Crippen molar-refractivity contribution in [2.45, 2.75) is 38.5 Å². The predicted molar refractivity (Wildman–Crippen MR) is 74.0 cm³/mol. The van der Waals surface area contributed by atoms with E-state index in [0.29, 0.717) is 11.5 Å².